The molecule has 0 spiro atoms. The molecule has 4 rings (SSSR count). The van der Waals surface area contributed by atoms with Crippen molar-refractivity contribution in [3.63, 3.8) is 0 Å². The van der Waals surface area contributed by atoms with E-state index in [0.29, 0.717) is 0 Å². The number of allylic oxidation sites excluding steroid dienone is 8. The smallest absolute Gasteiger partial charge is 0.00167 e. The normalized spacial score (nSPS) is 17.1. The average molecular weight is 270 g/mol. The standard InChI is InChI=1S/C21H18/c1-15-11-18-9-5-6-10-20(18)21(12-15)19-13-16-7-3-2-4-8-17(16)14-19/h2-7,9-12,14H,8,13H2,1H3. The highest BCUT2D eigenvalue weighted by Crippen LogP contribution is 2.38. The molecule has 0 fully saturated rings. The second kappa shape index (κ2) is 4.89. The highest BCUT2D eigenvalue weighted by molar-refractivity contribution is 5.96. The predicted molar refractivity (Wildman–Crippen MR) is 91.2 cm³/mol. The zero-order valence-electron chi connectivity index (χ0n) is 12.3. The quantitative estimate of drug-likeness (QED) is 0.619. The van der Waals surface area contributed by atoms with E-state index >= 15 is 0 Å². The first-order valence-corrected chi connectivity index (χ1v) is 7.57. The molecular weight excluding hydrogens is 252 g/mol. The Balaban J connectivity index is 1.84. The second-order valence-corrected chi connectivity index (χ2v) is 5.92. The number of benzene rings is 2. The fraction of sp³-hybridized carbons (Fsp3) is 0.143. The van der Waals surface area contributed by atoms with Crippen LogP contribution in [-0.2, 0) is 0 Å². The minimum atomic E-state index is 1.05. The Morgan fingerprint density at radius 2 is 1.86 bits per heavy atom. The molecule has 2 aromatic carbocycles. The van der Waals surface area contributed by atoms with Crippen LogP contribution in [0.25, 0.3) is 16.3 Å². The molecule has 0 heteroatoms. The first-order valence-electron chi connectivity index (χ1n) is 7.57. The van der Waals surface area contributed by atoms with Gasteiger partial charge in [-0.1, -0.05) is 66.8 Å². The highest BCUT2D eigenvalue weighted by Gasteiger charge is 2.17. The first-order chi connectivity index (χ1) is 10.3. The van der Waals surface area contributed by atoms with E-state index in [1.165, 1.54) is 38.6 Å². The van der Waals surface area contributed by atoms with Crippen LogP contribution in [0, 0.1) is 6.92 Å². The third-order valence-electron chi connectivity index (χ3n) is 4.38. The molecule has 2 aliphatic rings. The van der Waals surface area contributed by atoms with Gasteiger partial charge in [-0.15, -0.1) is 0 Å². The zero-order valence-corrected chi connectivity index (χ0v) is 12.3. The fourth-order valence-corrected chi connectivity index (χ4v) is 3.37. The average Bonchev–Trinajstić information content (AvgIpc) is 2.77. The summed E-state index contributed by atoms with van der Waals surface area (Å²) in [5, 5.41) is 2.71. The highest BCUT2D eigenvalue weighted by atomic mass is 14.2. The van der Waals surface area contributed by atoms with Crippen LogP contribution in [0.15, 0.2) is 77.9 Å². The fourth-order valence-electron chi connectivity index (χ4n) is 3.37. The van der Waals surface area contributed by atoms with E-state index in [4.69, 9.17) is 0 Å². The predicted octanol–water partition coefficient (Wildman–Crippen LogP) is 5.75. The van der Waals surface area contributed by atoms with Gasteiger partial charge < -0.3 is 0 Å². The summed E-state index contributed by atoms with van der Waals surface area (Å²) in [7, 11) is 0. The summed E-state index contributed by atoms with van der Waals surface area (Å²) in [5.41, 5.74) is 7.14. The lowest BCUT2D eigenvalue weighted by Crippen LogP contribution is -1.88. The summed E-state index contributed by atoms with van der Waals surface area (Å²) in [6.45, 7) is 2.19. The number of hydrogen-bond acceptors (Lipinski definition) is 0. The molecule has 0 saturated carbocycles. The molecule has 0 radical (unpaired) electrons. The summed E-state index contributed by atoms with van der Waals surface area (Å²) in [6, 6.07) is 13.3. The SMILES string of the molecule is Cc1cc(C2=CC3=C(C=CC=CC3)C2)c2ccccc2c1. The summed E-state index contributed by atoms with van der Waals surface area (Å²) in [6.07, 6.45) is 13.3. The van der Waals surface area contributed by atoms with Gasteiger partial charge in [0.05, 0.1) is 0 Å². The van der Waals surface area contributed by atoms with Crippen LogP contribution in [-0.4, -0.2) is 0 Å². The zero-order chi connectivity index (χ0) is 14.2. The van der Waals surface area contributed by atoms with Crippen molar-refractivity contribution in [2.45, 2.75) is 19.8 Å². The largest absolute Gasteiger partial charge is 0.0801 e. The van der Waals surface area contributed by atoms with Crippen molar-refractivity contribution >= 4 is 16.3 Å². The lowest BCUT2D eigenvalue weighted by molar-refractivity contribution is 1.24. The second-order valence-electron chi connectivity index (χ2n) is 5.92. The molecule has 0 saturated heterocycles. The van der Waals surface area contributed by atoms with E-state index in [-0.39, 0.29) is 0 Å². The Morgan fingerprint density at radius 3 is 2.81 bits per heavy atom. The first kappa shape index (κ1) is 12.4. The molecule has 0 N–H and O–H groups in total. The van der Waals surface area contributed by atoms with Crippen molar-refractivity contribution in [3.8, 4) is 0 Å². The van der Waals surface area contributed by atoms with E-state index < -0.39 is 0 Å². The summed E-state index contributed by atoms with van der Waals surface area (Å²) >= 11 is 0. The van der Waals surface area contributed by atoms with Gasteiger partial charge in [0.1, 0.15) is 0 Å². The van der Waals surface area contributed by atoms with Gasteiger partial charge in [0.2, 0.25) is 0 Å². The number of fused-ring (bicyclic) bond motifs is 1. The summed E-state index contributed by atoms with van der Waals surface area (Å²) < 4.78 is 0. The number of aryl methyl sites for hydroxylation is 1. The van der Waals surface area contributed by atoms with Crippen LogP contribution in [0.2, 0.25) is 0 Å². The van der Waals surface area contributed by atoms with Crippen molar-refractivity contribution in [2.75, 3.05) is 0 Å². The summed E-state index contributed by atoms with van der Waals surface area (Å²) in [5.74, 6) is 0. The van der Waals surface area contributed by atoms with E-state index in [2.05, 4.69) is 73.7 Å². The molecule has 2 aliphatic carbocycles. The minimum Gasteiger partial charge on any atom is -0.0801 e. The van der Waals surface area contributed by atoms with E-state index in [0.717, 1.165) is 12.8 Å². The molecular formula is C21H18. The minimum absolute atomic E-state index is 1.05. The number of hydrogen-bond donors (Lipinski definition) is 0. The van der Waals surface area contributed by atoms with Crippen LogP contribution in [0.5, 0.6) is 0 Å². The molecule has 21 heavy (non-hydrogen) atoms. The molecule has 0 heterocycles. The van der Waals surface area contributed by atoms with E-state index in [9.17, 15) is 0 Å². The Hall–Kier alpha value is -2.34. The van der Waals surface area contributed by atoms with Crippen LogP contribution in [0.4, 0.5) is 0 Å². The van der Waals surface area contributed by atoms with Crippen LogP contribution in [0.1, 0.15) is 24.0 Å². The van der Waals surface area contributed by atoms with Crippen LogP contribution >= 0.6 is 0 Å². The molecule has 102 valence electrons. The van der Waals surface area contributed by atoms with Crippen molar-refractivity contribution in [2.24, 2.45) is 0 Å². The molecule has 0 amide bonds. The van der Waals surface area contributed by atoms with Crippen LogP contribution < -0.4 is 0 Å². The molecule has 0 aliphatic heterocycles. The van der Waals surface area contributed by atoms with Gasteiger partial charge >= 0.3 is 0 Å². The summed E-state index contributed by atoms with van der Waals surface area (Å²) in [4.78, 5) is 0. The van der Waals surface area contributed by atoms with Crippen molar-refractivity contribution in [1.82, 2.24) is 0 Å². The maximum absolute atomic E-state index is 2.40. The molecule has 0 nitrogen and oxygen atoms in total. The van der Waals surface area contributed by atoms with E-state index in [1.54, 1.807) is 0 Å². The van der Waals surface area contributed by atoms with Crippen molar-refractivity contribution < 1.29 is 0 Å². The van der Waals surface area contributed by atoms with Gasteiger partial charge in [0.25, 0.3) is 0 Å². The van der Waals surface area contributed by atoms with Gasteiger partial charge in [0.15, 0.2) is 0 Å². The maximum Gasteiger partial charge on any atom is -0.00167 e. The lowest BCUT2D eigenvalue weighted by Gasteiger charge is -2.10. The Labute approximate surface area is 125 Å². The van der Waals surface area contributed by atoms with Crippen LogP contribution in [0.3, 0.4) is 0 Å². The Kier molecular flexibility index (Phi) is 2.89. The van der Waals surface area contributed by atoms with Crippen molar-refractivity contribution in [1.29, 1.82) is 0 Å². The maximum atomic E-state index is 2.40. The molecule has 0 bridgehead atoms. The topological polar surface area (TPSA) is 0 Å². The van der Waals surface area contributed by atoms with Crippen molar-refractivity contribution in [3.05, 3.63) is 89.1 Å². The Morgan fingerprint density at radius 1 is 0.952 bits per heavy atom. The molecule has 2 aromatic rings. The van der Waals surface area contributed by atoms with Gasteiger partial charge in [-0.2, -0.15) is 0 Å². The lowest BCUT2D eigenvalue weighted by atomic mass is 9.94. The third-order valence-corrected chi connectivity index (χ3v) is 4.38. The monoisotopic (exact) mass is 270 g/mol. The molecule has 0 atom stereocenters. The number of rotatable bonds is 1. The van der Waals surface area contributed by atoms with Gasteiger partial charge in [0, 0.05) is 0 Å². The molecule has 0 unspecified atom stereocenters. The van der Waals surface area contributed by atoms with Gasteiger partial charge in [-0.3, -0.25) is 0 Å². The van der Waals surface area contributed by atoms with Gasteiger partial charge in [-0.05, 0) is 58.4 Å². The molecule has 0 aromatic heterocycles. The van der Waals surface area contributed by atoms with E-state index in [1.807, 2.05) is 0 Å². The van der Waals surface area contributed by atoms with Gasteiger partial charge in [-0.25, -0.2) is 0 Å². The third kappa shape index (κ3) is 2.17. The Bertz CT molecular complexity index is 841.